The molecule has 0 radical (unpaired) electrons. The predicted molar refractivity (Wildman–Crippen MR) is 244 cm³/mol. The first-order valence-electron chi connectivity index (χ1n) is 23.4. The van der Waals surface area contributed by atoms with Gasteiger partial charge in [-0.15, -0.1) is 0 Å². The Labute approximate surface area is 367 Å². The number of nitrogens with zero attached hydrogens (tertiary/aromatic N) is 5. The number of anilines is 2. The summed E-state index contributed by atoms with van der Waals surface area (Å²) >= 11 is 0. The molecule has 10 heteroatoms. The molecule has 6 aliphatic rings. The summed E-state index contributed by atoms with van der Waals surface area (Å²) in [7, 11) is 1.76. The lowest BCUT2D eigenvalue weighted by atomic mass is 9.69. The second kappa shape index (κ2) is 17.9. The summed E-state index contributed by atoms with van der Waals surface area (Å²) < 4.78 is 5.61. The third kappa shape index (κ3) is 8.36. The number of methoxy groups -OCH3 is 1. The van der Waals surface area contributed by atoms with Crippen molar-refractivity contribution in [2.45, 2.75) is 75.8 Å². The number of fused-ring (bicyclic) bond motifs is 2. The SMILES string of the molecule is COc1ccc2c(c1)CCC(c1ccccc1)C2c1ccc(N2CCN(C[C@H]3CCCC[C@@H]3CN3CCN(c4ccc5c(c4)CN(C4CCC(=O)NC4=O)C5=O)CC3)CC2)cc1. The van der Waals surface area contributed by atoms with E-state index >= 15 is 0 Å². The van der Waals surface area contributed by atoms with Gasteiger partial charge >= 0.3 is 0 Å². The van der Waals surface area contributed by atoms with Gasteiger partial charge in [-0.3, -0.25) is 29.5 Å². The Bertz CT molecular complexity index is 2250. The van der Waals surface area contributed by atoms with Gasteiger partial charge in [0.25, 0.3) is 5.91 Å². The summed E-state index contributed by atoms with van der Waals surface area (Å²) in [6.45, 7) is 11.3. The summed E-state index contributed by atoms with van der Waals surface area (Å²) in [6.07, 6.45) is 8.25. The maximum Gasteiger partial charge on any atom is 0.255 e. The van der Waals surface area contributed by atoms with Crippen LogP contribution in [0.5, 0.6) is 5.75 Å². The average Bonchev–Trinajstić information content (AvgIpc) is 3.64. The Morgan fingerprint density at radius 1 is 0.629 bits per heavy atom. The van der Waals surface area contributed by atoms with Crippen LogP contribution in [-0.4, -0.2) is 111 Å². The number of hydrogen-bond acceptors (Lipinski definition) is 8. The number of ether oxygens (including phenoxy) is 1. The monoisotopic (exact) mass is 834 g/mol. The van der Waals surface area contributed by atoms with Crippen LogP contribution in [0.15, 0.2) is 91.0 Å². The van der Waals surface area contributed by atoms with Crippen LogP contribution in [0.1, 0.15) is 95.0 Å². The van der Waals surface area contributed by atoms with Crippen molar-refractivity contribution in [3.63, 3.8) is 0 Å². The molecule has 10 nitrogen and oxygen atoms in total. The lowest BCUT2D eigenvalue weighted by Gasteiger charge is -2.43. The van der Waals surface area contributed by atoms with Gasteiger partial charge in [-0.05, 0) is 120 Å². The largest absolute Gasteiger partial charge is 0.497 e. The molecule has 2 aliphatic carbocycles. The topological polar surface area (TPSA) is 88.7 Å². The smallest absolute Gasteiger partial charge is 0.255 e. The van der Waals surface area contributed by atoms with Gasteiger partial charge in [0.1, 0.15) is 11.8 Å². The van der Waals surface area contributed by atoms with E-state index in [9.17, 15) is 14.4 Å². The molecule has 0 bridgehead atoms. The molecular formula is C52H62N6O4. The van der Waals surface area contributed by atoms with Crippen molar-refractivity contribution in [1.82, 2.24) is 20.0 Å². The molecule has 62 heavy (non-hydrogen) atoms. The molecule has 1 N–H and O–H groups in total. The molecule has 4 aromatic rings. The quantitative estimate of drug-likeness (QED) is 0.170. The van der Waals surface area contributed by atoms with Gasteiger partial charge in [0, 0.05) is 101 Å². The number of carbonyl (C=O) groups is 3. The van der Waals surface area contributed by atoms with E-state index in [0.29, 0.717) is 30.4 Å². The highest BCUT2D eigenvalue weighted by atomic mass is 16.5. The first-order chi connectivity index (χ1) is 30.4. The molecule has 3 saturated heterocycles. The number of aryl methyl sites for hydroxylation is 1. The van der Waals surface area contributed by atoms with Gasteiger partial charge in [0.2, 0.25) is 11.8 Å². The minimum absolute atomic E-state index is 0.110. The van der Waals surface area contributed by atoms with Crippen LogP contribution >= 0.6 is 0 Å². The van der Waals surface area contributed by atoms with Crippen molar-refractivity contribution in [3.05, 3.63) is 124 Å². The molecule has 0 spiro atoms. The molecule has 4 aromatic carbocycles. The second-order valence-corrected chi connectivity index (χ2v) is 18.8. The Kier molecular flexibility index (Phi) is 11.8. The van der Waals surface area contributed by atoms with Crippen molar-refractivity contribution in [2.75, 3.05) is 82.4 Å². The highest BCUT2D eigenvalue weighted by molar-refractivity contribution is 6.05. The number of rotatable bonds is 10. The van der Waals surface area contributed by atoms with Crippen LogP contribution in [-0.2, 0) is 22.6 Å². The van der Waals surface area contributed by atoms with E-state index in [1.807, 2.05) is 6.07 Å². The molecule has 324 valence electrons. The first-order valence-corrected chi connectivity index (χ1v) is 23.4. The fourth-order valence-corrected chi connectivity index (χ4v) is 11.9. The zero-order chi connectivity index (χ0) is 42.2. The standard InChI is InChI=1S/C52H62N6O4/c1-62-44-17-20-46-38(32-44)13-18-45(36-7-3-2-4-8-36)50(46)37-11-14-42(15-12-37)56-27-23-54(24-28-56)33-39-9-5-6-10-40(39)34-55-25-29-57(30-26-55)43-16-19-47-41(31-43)35-58(52(47)61)48-21-22-49(59)53-51(48)60/h2-4,7-8,11-12,14-17,19-20,31-32,39-40,45,48,50H,5-6,9-10,13,18,21-30,33-35H2,1H3,(H,53,59,60)/t39-,40-,45?,48?,50?/m1/s1. The van der Waals surface area contributed by atoms with Gasteiger partial charge in [-0.1, -0.05) is 61.4 Å². The number of imide groups is 1. The number of carbonyl (C=O) groups excluding carboxylic acids is 3. The predicted octanol–water partition coefficient (Wildman–Crippen LogP) is 7.07. The zero-order valence-electron chi connectivity index (χ0n) is 36.4. The maximum absolute atomic E-state index is 13.2. The van der Waals surface area contributed by atoms with Crippen LogP contribution in [0.25, 0.3) is 0 Å². The molecule has 5 atom stereocenters. The van der Waals surface area contributed by atoms with E-state index in [2.05, 4.69) is 110 Å². The van der Waals surface area contributed by atoms with Crippen LogP contribution in [0.2, 0.25) is 0 Å². The van der Waals surface area contributed by atoms with Crippen molar-refractivity contribution in [2.24, 2.45) is 11.8 Å². The second-order valence-electron chi connectivity index (χ2n) is 18.8. The molecular weight excluding hydrogens is 773 g/mol. The van der Waals surface area contributed by atoms with E-state index in [1.165, 1.54) is 66.7 Å². The van der Waals surface area contributed by atoms with Gasteiger partial charge in [0.05, 0.1) is 7.11 Å². The molecule has 3 unspecified atom stereocenters. The number of piperazine rings is 2. The van der Waals surface area contributed by atoms with Gasteiger partial charge in [0.15, 0.2) is 0 Å². The fraction of sp³-hybridized carbons (Fsp3) is 0.481. The summed E-state index contributed by atoms with van der Waals surface area (Å²) in [4.78, 5) is 49.6. The lowest BCUT2D eigenvalue weighted by Crippen LogP contribution is -2.52. The van der Waals surface area contributed by atoms with Crippen molar-refractivity contribution < 1.29 is 19.1 Å². The molecule has 4 heterocycles. The van der Waals surface area contributed by atoms with E-state index in [0.717, 1.165) is 94.0 Å². The molecule has 10 rings (SSSR count). The number of nitrogens with one attached hydrogen (secondary N) is 1. The van der Waals surface area contributed by atoms with E-state index in [-0.39, 0.29) is 24.1 Å². The fourth-order valence-electron chi connectivity index (χ4n) is 11.9. The van der Waals surface area contributed by atoms with Crippen LogP contribution in [0, 0.1) is 11.8 Å². The molecule has 4 aliphatic heterocycles. The summed E-state index contributed by atoms with van der Waals surface area (Å²) in [5.41, 5.74) is 9.83. The Hall–Kier alpha value is -5.19. The van der Waals surface area contributed by atoms with Crippen LogP contribution < -0.4 is 19.9 Å². The minimum atomic E-state index is -0.581. The third-order valence-electron chi connectivity index (χ3n) is 15.3. The average molecular weight is 835 g/mol. The lowest BCUT2D eigenvalue weighted by molar-refractivity contribution is -0.136. The number of amides is 3. The van der Waals surface area contributed by atoms with Gasteiger partial charge in [-0.25, -0.2) is 0 Å². The highest BCUT2D eigenvalue weighted by Crippen LogP contribution is 2.47. The summed E-state index contributed by atoms with van der Waals surface area (Å²) in [5.74, 6) is 2.49. The maximum atomic E-state index is 13.2. The number of benzene rings is 4. The Morgan fingerprint density at radius 2 is 1.29 bits per heavy atom. The molecule has 3 amide bonds. The summed E-state index contributed by atoms with van der Waals surface area (Å²) in [6, 6.07) is 32.9. The van der Waals surface area contributed by atoms with Crippen LogP contribution in [0.3, 0.4) is 0 Å². The minimum Gasteiger partial charge on any atom is -0.497 e. The van der Waals surface area contributed by atoms with E-state index in [4.69, 9.17) is 4.74 Å². The van der Waals surface area contributed by atoms with Crippen molar-refractivity contribution >= 4 is 29.1 Å². The van der Waals surface area contributed by atoms with Crippen LogP contribution in [0.4, 0.5) is 11.4 Å². The Morgan fingerprint density at radius 3 is 1.95 bits per heavy atom. The van der Waals surface area contributed by atoms with E-state index < -0.39 is 6.04 Å². The van der Waals surface area contributed by atoms with Gasteiger partial charge in [-0.2, -0.15) is 0 Å². The van der Waals surface area contributed by atoms with Gasteiger partial charge < -0.3 is 19.4 Å². The molecule has 0 aromatic heterocycles. The third-order valence-corrected chi connectivity index (χ3v) is 15.3. The first kappa shape index (κ1) is 40.9. The zero-order valence-corrected chi connectivity index (χ0v) is 36.4. The van der Waals surface area contributed by atoms with E-state index in [1.54, 1.807) is 12.0 Å². The molecule has 1 saturated carbocycles. The number of hydrogen-bond donors (Lipinski definition) is 1. The normalized spacial score (nSPS) is 26.0. The number of piperidine rings is 1. The van der Waals surface area contributed by atoms with Crippen molar-refractivity contribution in [3.8, 4) is 5.75 Å². The summed E-state index contributed by atoms with van der Waals surface area (Å²) in [5, 5.41) is 2.41. The molecule has 4 fully saturated rings. The highest BCUT2D eigenvalue weighted by Gasteiger charge is 2.40. The Balaban J connectivity index is 0.718. The van der Waals surface area contributed by atoms with Crippen molar-refractivity contribution in [1.29, 1.82) is 0 Å².